The fraction of sp³-hybridized carbons (Fsp3) is 0.333. The van der Waals surface area contributed by atoms with Crippen LogP contribution in [0.3, 0.4) is 0 Å². The van der Waals surface area contributed by atoms with E-state index < -0.39 is 11.6 Å². The van der Waals surface area contributed by atoms with Gasteiger partial charge in [0.25, 0.3) is 5.91 Å². The zero-order valence-corrected chi connectivity index (χ0v) is 15.5. The largest absolute Gasteiger partial charge is 0.457 e. The summed E-state index contributed by atoms with van der Waals surface area (Å²) in [5.41, 5.74) is 0.409. The highest BCUT2D eigenvalue weighted by Crippen LogP contribution is 2.46. The van der Waals surface area contributed by atoms with Crippen LogP contribution in [-0.2, 0) is 4.74 Å². The Morgan fingerprint density at radius 2 is 1.67 bits per heavy atom. The number of amides is 1. The topological polar surface area (TPSA) is 75.6 Å². The molecule has 1 saturated carbocycles. The van der Waals surface area contributed by atoms with Gasteiger partial charge in [-0.15, -0.1) is 11.8 Å². The van der Waals surface area contributed by atoms with Gasteiger partial charge in [-0.25, -0.2) is 4.79 Å². The number of aliphatic hydroxyl groups excluding tert-OH is 1. The average molecular weight is 383 g/mol. The van der Waals surface area contributed by atoms with E-state index in [1.807, 2.05) is 24.3 Å². The fourth-order valence-electron chi connectivity index (χ4n) is 3.80. The number of hydrogen-bond donors (Lipinski definition) is 2. The maximum Gasteiger partial charge on any atom is 0.338 e. The summed E-state index contributed by atoms with van der Waals surface area (Å²) in [6.07, 6.45) is 0.0742. The molecule has 0 radical (unpaired) electrons. The van der Waals surface area contributed by atoms with Crippen LogP contribution in [-0.4, -0.2) is 45.7 Å². The lowest BCUT2D eigenvalue weighted by atomic mass is 9.79. The van der Waals surface area contributed by atoms with Crippen molar-refractivity contribution < 1.29 is 19.4 Å². The zero-order valence-electron chi connectivity index (χ0n) is 14.7. The molecular weight excluding hydrogens is 362 g/mol. The predicted molar refractivity (Wildman–Crippen MR) is 104 cm³/mol. The van der Waals surface area contributed by atoms with Crippen molar-refractivity contribution in [2.24, 2.45) is 0 Å². The second-order valence-corrected chi connectivity index (χ2v) is 8.21. The minimum Gasteiger partial charge on any atom is -0.457 e. The van der Waals surface area contributed by atoms with E-state index in [4.69, 9.17) is 4.74 Å². The van der Waals surface area contributed by atoms with Crippen LogP contribution in [0.4, 0.5) is 0 Å². The average Bonchev–Trinajstić information content (AvgIpc) is 2.90. The first-order valence-corrected chi connectivity index (χ1v) is 10.1. The van der Waals surface area contributed by atoms with Crippen LogP contribution >= 0.6 is 11.8 Å². The molecule has 2 aromatic rings. The van der Waals surface area contributed by atoms with Crippen molar-refractivity contribution in [3.8, 4) is 0 Å². The Labute approximate surface area is 162 Å². The number of nitrogens with one attached hydrogen (secondary N) is 1. The minimum absolute atomic E-state index is 0.185. The number of benzene rings is 2. The third-order valence-corrected chi connectivity index (χ3v) is 6.95. The number of esters is 1. The standard InChI is InChI=1S/C21H21NO4S/c23-18-17-16(26-20(25)15-9-5-2-6-10-15)11-12-21(18,13-27-17)22-19(24)14-7-3-1-4-8-14/h1-10,16-18,23H,11-13H2,(H,22,24)/t16-,17-,18-,21+/m1/s1. The molecule has 4 rings (SSSR count). The molecule has 4 atom stereocenters. The van der Waals surface area contributed by atoms with Crippen molar-refractivity contribution in [2.45, 2.75) is 35.8 Å². The predicted octanol–water partition coefficient (Wildman–Crippen LogP) is 2.65. The van der Waals surface area contributed by atoms with E-state index in [0.717, 1.165) is 0 Å². The van der Waals surface area contributed by atoms with Gasteiger partial charge in [-0.05, 0) is 37.1 Å². The molecule has 1 heterocycles. The number of aliphatic hydroxyl groups is 1. The molecule has 2 bridgehead atoms. The third kappa shape index (κ3) is 3.47. The number of fused-ring (bicyclic) bond motifs is 2. The van der Waals surface area contributed by atoms with Crippen molar-refractivity contribution in [3.05, 3.63) is 71.8 Å². The van der Waals surface area contributed by atoms with Crippen LogP contribution < -0.4 is 5.32 Å². The summed E-state index contributed by atoms with van der Waals surface area (Å²) < 4.78 is 5.68. The molecule has 0 spiro atoms. The summed E-state index contributed by atoms with van der Waals surface area (Å²) in [7, 11) is 0. The Morgan fingerprint density at radius 1 is 1.04 bits per heavy atom. The lowest BCUT2D eigenvalue weighted by Crippen LogP contribution is -2.61. The van der Waals surface area contributed by atoms with Gasteiger partial charge < -0.3 is 15.2 Å². The van der Waals surface area contributed by atoms with Gasteiger partial charge in [-0.3, -0.25) is 4.79 Å². The van der Waals surface area contributed by atoms with Gasteiger partial charge in [0.05, 0.1) is 22.5 Å². The maximum atomic E-state index is 12.6. The molecule has 2 N–H and O–H groups in total. The summed E-state index contributed by atoms with van der Waals surface area (Å²) in [6, 6.07) is 17.9. The molecule has 6 heteroatoms. The van der Waals surface area contributed by atoms with Gasteiger partial charge in [0.1, 0.15) is 6.10 Å². The maximum absolute atomic E-state index is 12.6. The molecule has 2 fully saturated rings. The molecule has 1 aliphatic carbocycles. The van der Waals surface area contributed by atoms with Gasteiger partial charge >= 0.3 is 5.97 Å². The number of thioether (sulfide) groups is 1. The van der Waals surface area contributed by atoms with Gasteiger partial charge in [0, 0.05) is 11.3 Å². The summed E-state index contributed by atoms with van der Waals surface area (Å²) in [6.45, 7) is 0. The molecule has 2 aliphatic rings. The number of carbonyl (C=O) groups excluding carboxylic acids is 2. The minimum atomic E-state index is -0.752. The molecule has 0 aromatic heterocycles. The number of ether oxygens (including phenoxy) is 1. The van der Waals surface area contributed by atoms with Crippen LogP contribution in [0.5, 0.6) is 0 Å². The Hall–Kier alpha value is -2.31. The van der Waals surface area contributed by atoms with E-state index in [0.29, 0.717) is 29.7 Å². The van der Waals surface area contributed by atoms with Crippen LogP contribution in [0.25, 0.3) is 0 Å². The van der Waals surface area contributed by atoms with Crippen LogP contribution in [0.2, 0.25) is 0 Å². The molecule has 2 aromatic carbocycles. The molecule has 1 amide bonds. The van der Waals surface area contributed by atoms with E-state index in [9.17, 15) is 14.7 Å². The normalized spacial score (nSPS) is 29.1. The molecule has 1 aliphatic heterocycles. The summed E-state index contributed by atoms with van der Waals surface area (Å²) in [4.78, 5) is 24.9. The van der Waals surface area contributed by atoms with E-state index in [1.54, 1.807) is 48.2 Å². The van der Waals surface area contributed by atoms with E-state index in [-0.39, 0.29) is 23.2 Å². The zero-order chi connectivity index (χ0) is 18.9. The van der Waals surface area contributed by atoms with Crippen LogP contribution in [0, 0.1) is 0 Å². The Kier molecular flexibility index (Phi) is 4.93. The first-order valence-electron chi connectivity index (χ1n) is 9.02. The molecule has 1 saturated heterocycles. The monoisotopic (exact) mass is 383 g/mol. The summed E-state index contributed by atoms with van der Waals surface area (Å²) in [5, 5.41) is 13.7. The van der Waals surface area contributed by atoms with Gasteiger partial charge in [-0.2, -0.15) is 0 Å². The smallest absolute Gasteiger partial charge is 0.338 e. The second kappa shape index (κ2) is 7.37. The highest BCUT2D eigenvalue weighted by atomic mass is 32.2. The fourth-order valence-corrected chi connectivity index (χ4v) is 5.52. The molecule has 27 heavy (non-hydrogen) atoms. The van der Waals surface area contributed by atoms with Gasteiger partial charge in [-0.1, -0.05) is 36.4 Å². The van der Waals surface area contributed by atoms with Crippen molar-refractivity contribution in [3.63, 3.8) is 0 Å². The van der Waals surface area contributed by atoms with Crippen LogP contribution in [0.15, 0.2) is 60.7 Å². The lowest BCUT2D eigenvalue weighted by molar-refractivity contribution is -0.0227. The van der Waals surface area contributed by atoms with Gasteiger partial charge in [0.2, 0.25) is 0 Å². The first-order chi connectivity index (χ1) is 13.1. The molecule has 140 valence electrons. The first kappa shape index (κ1) is 18.1. The molecule has 0 unspecified atom stereocenters. The van der Waals surface area contributed by atoms with E-state index in [2.05, 4.69) is 5.32 Å². The van der Waals surface area contributed by atoms with Crippen molar-refractivity contribution in [2.75, 3.05) is 5.75 Å². The molecule has 5 nitrogen and oxygen atoms in total. The SMILES string of the molecule is O=C(N[C@@]12CC[C@@H](OC(=O)c3ccccc3)[C@@H](SC1)[C@H]2O)c1ccccc1. The van der Waals surface area contributed by atoms with Crippen molar-refractivity contribution in [1.82, 2.24) is 5.32 Å². The van der Waals surface area contributed by atoms with Crippen molar-refractivity contribution >= 4 is 23.6 Å². The Balaban J connectivity index is 1.44. The number of hydrogen-bond acceptors (Lipinski definition) is 5. The Bertz CT molecular complexity index is 829. The van der Waals surface area contributed by atoms with Gasteiger partial charge in [0.15, 0.2) is 0 Å². The summed E-state index contributed by atoms with van der Waals surface area (Å²) >= 11 is 1.56. The van der Waals surface area contributed by atoms with Crippen LogP contribution in [0.1, 0.15) is 33.6 Å². The Morgan fingerprint density at radius 3 is 2.33 bits per heavy atom. The quantitative estimate of drug-likeness (QED) is 0.794. The highest BCUT2D eigenvalue weighted by Gasteiger charge is 2.56. The lowest BCUT2D eigenvalue weighted by Gasteiger charge is -2.40. The number of rotatable bonds is 4. The number of carbonyl (C=O) groups is 2. The third-order valence-electron chi connectivity index (χ3n) is 5.32. The van der Waals surface area contributed by atoms with E-state index in [1.165, 1.54) is 0 Å². The molecular formula is C21H21NO4S. The van der Waals surface area contributed by atoms with E-state index >= 15 is 0 Å². The summed E-state index contributed by atoms with van der Waals surface area (Å²) in [5.74, 6) is 0.0494. The van der Waals surface area contributed by atoms with Crippen molar-refractivity contribution in [1.29, 1.82) is 0 Å². The second-order valence-electron chi connectivity index (χ2n) is 7.05. The highest BCUT2D eigenvalue weighted by molar-refractivity contribution is 8.00.